The Labute approximate surface area is 373 Å². The lowest BCUT2D eigenvalue weighted by Crippen LogP contribution is -2.26. The van der Waals surface area contributed by atoms with Gasteiger partial charge in [0, 0.05) is 30.0 Å². The van der Waals surface area contributed by atoms with Crippen LogP contribution < -0.4 is 0 Å². The number of aliphatic imine (C=N–C) groups is 3. The molecule has 320 valence electrons. The first-order chi connectivity index (χ1) is 30.7. The van der Waals surface area contributed by atoms with Crippen molar-refractivity contribution in [3.05, 3.63) is 160 Å². The van der Waals surface area contributed by atoms with Gasteiger partial charge in [0.25, 0.3) is 0 Å². The summed E-state index contributed by atoms with van der Waals surface area (Å²) in [4.78, 5) is 16.8. The molecule has 1 fully saturated rings. The number of hydrogen-bond donors (Lipinski definition) is 0. The highest BCUT2D eigenvalue weighted by Gasteiger charge is 2.30. The fraction of sp³-hybridized carbons (Fsp3) is 0.475. The second-order valence-electron chi connectivity index (χ2n) is 19.7. The molecule has 0 N–H and O–H groups in total. The summed E-state index contributed by atoms with van der Waals surface area (Å²) in [7, 11) is 0. The molecule has 0 bridgehead atoms. The van der Waals surface area contributed by atoms with E-state index in [2.05, 4.69) is 115 Å². The highest BCUT2D eigenvalue weighted by molar-refractivity contribution is 6.13. The lowest BCUT2D eigenvalue weighted by atomic mass is 9.77. The van der Waals surface area contributed by atoms with Crippen LogP contribution in [-0.4, -0.2) is 29.8 Å². The summed E-state index contributed by atoms with van der Waals surface area (Å²) in [5.74, 6) is 3.53. The van der Waals surface area contributed by atoms with E-state index in [1.165, 1.54) is 127 Å². The van der Waals surface area contributed by atoms with Gasteiger partial charge >= 0.3 is 0 Å². The molecule has 3 heteroatoms. The molecule has 5 unspecified atom stereocenters. The molecular weight excluding hydrogens is 751 g/mol. The molecule has 0 saturated heterocycles. The van der Waals surface area contributed by atoms with E-state index in [1.807, 2.05) is 0 Å². The van der Waals surface area contributed by atoms with Crippen molar-refractivity contribution < 1.29 is 0 Å². The first kappa shape index (κ1) is 41.4. The zero-order chi connectivity index (χ0) is 41.5. The van der Waals surface area contributed by atoms with E-state index in [0.717, 1.165) is 70.2 Å². The van der Waals surface area contributed by atoms with Crippen molar-refractivity contribution in [1.82, 2.24) is 0 Å². The molecular formula is C59H69N3. The SMILES string of the molecule is C1=CC(C2=CCC(C3=N/C(C4=CCC(C5=CCCC=C5)CC4)CCC/C(C4C=C(c5ccc(C6=NCC(C7=CCCC=C7)C=C6C6CCCCC6)cc5)C=CC4)=N\3)CC2)=CCC1. The largest absolute Gasteiger partial charge is 0.283 e. The Kier molecular flexibility index (Phi) is 13.2. The van der Waals surface area contributed by atoms with Crippen molar-refractivity contribution in [1.29, 1.82) is 0 Å². The molecule has 62 heavy (non-hydrogen) atoms. The number of nitrogens with zero attached hydrogens (tertiary/aromatic N) is 3. The maximum atomic E-state index is 5.72. The Morgan fingerprint density at radius 1 is 0.500 bits per heavy atom. The van der Waals surface area contributed by atoms with Crippen molar-refractivity contribution in [2.45, 2.75) is 141 Å². The molecule has 0 spiro atoms. The average Bonchev–Trinajstić information content (AvgIpc) is 3.35. The van der Waals surface area contributed by atoms with Crippen LogP contribution in [0.2, 0.25) is 0 Å². The monoisotopic (exact) mass is 820 g/mol. The minimum absolute atomic E-state index is 0.270. The van der Waals surface area contributed by atoms with Gasteiger partial charge in [-0.3, -0.25) is 9.98 Å². The van der Waals surface area contributed by atoms with Gasteiger partial charge in [0.1, 0.15) is 5.84 Å². The molecule has 7 aliphatic carbocycles. The number of dihydropyridines is 1. The van der Waals surface area contributed by atoms with E-state index in [1.54, 1.807) is 11.1 Å². The summed E-state index contributed by atoms with van der Waals surface area (Å²) < 4.78 is 0. The highest BCUT2D eigenvalue weighted by Crippen LogP contribution is 2.40. The van der Waals surface area contributed by atoms with Crippen LogP contribution in [0.15, 0.2) is 164 Å². The molecule has 9 aliphatic rings. The molecule has 5 atom stereocenters. The first-order valence-electron chi connectivity index (χ1n) is 25.1. The Morgan fingerprint density at radius 2 is 1.24 bits per heavy atom. The summed E-state index contributed by atoms with van der Waals surface area (Å²) >= 11 is 0. The number of amidine groups is 1. The van der Waals surface area contributed by atoms with Crippen LogP contribution in [0.5, 0.6) is 0 Å². The van der Waals surface area contributed by atoms with Crippen molar-refractivity contribution >= 4 is 22.8 Å². The maximum absolute atomic E-state index is 5.72. The van der Waals surface area contributed by atoms with E-state index in [-0.39, 0.29) is 6.04 Å². The molecule has 2 heterocycles. The van der Waals surface area contributed by atoms with Gasteiger partial charge in [0.2, 0.25) is 0 Å². The summed E-state index contributed by atoms with van der Waals surface area (Å²) in [5, 5.41) is 0. The van der Waals surface area contributed by atoms with Crippen molar-refractivity contribution in [3.8, 4) is 0 Å². The summed E-state index contributed by atoms with van der Waals surface area (Å²) in [6, 6.07) is 9.70. The third kappa shape index (κ3) is 9.63. The molecule has 0 radical (unpaired) electrons. The normalized spacial score (nSPS) is 31.3. The standard InChI is InChI=1S/C59H69N3/c1-5-15-42(16-6-1)45-27-33-49(34-28-45)56-25-14-26-57(62-59(61-56)51-37-31-46(32-38-51)43-17-7-2-8-18-43)53-24-13-23-52(39-53)47-29-35-50(36-30-47)58-55(48-21-11-4-12-22-48)40-54(41-60-58)44-19-9-3-10-20-44/h5,7,9,13,15-20,23,29-31,33,35-36,39-40,45,48,51,53-54,56H,1-4,6,8,10-12,14,21-22,24-28,32,34,37-38,41H2/b61-59-,62-57+. The molecule has 10 rings (SSSR count). The molecule has 2 aliphatic heterocycles. The zero-order valence-corrected chi connectivity index (χ0v) is 37.3. The van der Waals surface area contributed by atoms with Gasteiger partial charge in [-0.15, -0.1) is 0 Å². The van der Waals surface area contributed by atoms with E-state index < -0.39 is 0 Å². The lowest BCUT2D eigenvalue weighted by Gasteiger charge is -2.31. The first-order valence-corrected chi connectivity index (χ1v) is 25.1. The predicted molar refractivity (Wildman–Crippen MR) is 264 cm³/mol. The molecule has 1 aromatic carbocycles. The van der Waals surface area contributed by atoms with Gasteiger partial charge in [-0.05, 0) is 178 Å². The smallest absolute Gasteiger partial charge is 0.127 e. The molecule has 0 aromatic heterocycles. The minimum atomic E-state index is 0.270. The predicted octanol–water partition coefficient (Wildman–Crippen LogP) is 15.2. The van der Waals surface area contributed by atoms with Crippen LogP contribution in [0.4, 0.5) is 0 Å². The number of hydrogen-bond acceptors (Lipinski definition) is 3. The molecule has 1 aromatic rings. The van der Waals surface area contributed by atoms with E-state index in [9.17, 15) is 0 Å². The summed E-state index contributed by atoms with van der Waals surface area (Å²) in [5.41, 5.74) is 15.6. The Bertz CT molecular complexity index is 2280. The lowest BCUT2D eigenvalue weighted by molar-refractivity contribution is 0.408. The van der Waals surface area contributed by atoms with E-state index in [4.69, 9.17) is 15.0 Å². The number of benzene rings is 1. The topological polar surface area (TPSA) is 37.1 Å². The second-order valence-corrected chi connectivity index (χ2v) is 19.7. The summed E-state index contributed by atoms with van der Waals surface area (Å²) in [6.45, 7) is 0.856. The van der Waals surface area contributed by atoms with E-state index in [0.29, 0.717) is 29.6 Å². The van der Waals surface area contributed by atoms with E-state index >= 15 is 0 Å². The second kappa shape index (κ2) is 19.8. The zero-order valence-electron chi connectivity index (χ0n) is 37.3. The Balaban J connectivity index is 0.897. The fourth-order valence-electron chi connectivity index (χ4n) is 11.9. The number of rotatable bonds is 9. The fourth-order valence-corrected chi connectivity index (χ4v) is 11.9. The Morgan fingerprint density at radius 3 is 1.97 bits per heavy atom. The van der Waals surface area contributed by atoms with Gasteiger partial charge in [0.05, 0.1) is 11.8 Å². The van der Waals surface area contributed by atoms with Crippen LogP contribution in [0, 0.1) is 29.6 Å². The van der Waals surface area contributed by atoms with Crippen molar-refractivity contribution in [2.75, 3.05) is 6.54 Å². The van der Waals surface area contributed by atoms with Crippen LogP contribution in [-0.2, 0) is 0 Å². The third-order valence-electron chi connectivity index (χ3n) is 15.6. The Hall–Kier alpha value is -4.63. The van der Waals surface area contributed by atoms with Crippen molar-refractivity contribution in [3.63, 3.8) is 0 Å². The van der Waals surface area contributed by atoms with Crippen LogP contribution >= 0.6 is 0 Å². The third-order valence-corrected chi connectivity index (χ3v) is 15.6. The van der Waals surface area contributed by atoms with Crippen LogP contribution in [0.25, 0.3) is 5.57 Å². The quantitative estimate of drug-likeness (QED) is 0.223. The minimum Gasteiger partial charge on any atom is -0.283 e. The van der Waals surface area contributed by atoms with Gasteiger partial charge in [-0.2, -0.15) is 0 Å². The van der Waals surface area contributed by atoms with Gasteiger partial charge in [-0.1, -0.05) is 135 Å². The van der Waals surface area contributed by atoms with Gasteiger partial charge in [-0.25, -0.2) is 4.99 Å². The summed E-state index contributed by atoms with van der Waals surface area (Å²) in [6.07, 6.45) is 61.5. The van der Waals surface area contributed by atoms with Crippen LogP contribution in [0.1, 0.15) is 146 Å². The number of allylic oxidation sites excluding steroid dienone is 19. The highest BCUT2D eigenvalue weighted by atomic mass is 15.0. The molecule has 0 amide bonds. The van der Waals surface area contributed by atoms with Gasteiger partial charge in [0.15, 0.2) is 0 Å². The van der Waals surface area contributed by atoms with Gasteiger partial charge < -0.3 is 0 Å². The molecule has 1 saturated carbocycles. The van der Waals surface area contributed by atoms with Crippen molar-refractivity contribution in [2.24, 2.45) is 44.6 Å². The average molecular weight is 820 g/mol. The molecule has 3 nitrogen and oxygen atoms in total. The van der Waals surface area contributed by atoms with Crippen LogP contribution in [0.3, 0.4) is 0 Å². The maximum Gasteiger partial charge on any atom is 0.127 e.